The van der Waals surface area contributed by atoms with Gasteiger partial charge in [-0.3, -0.25) is 9.36 Å². The Balaban J connectivity index is 1.53. The van der Waals surface area contributed by atoms with Crippen LogP contribution in [-0.4, -0.2) is 24.3 Å². The normalized spacial score (nSPS) is 14.9. The van der Waals surface area contributed by atoms with Gasteiger partial charge in [0.2, 0.25) is 0 Å². The van der Waals surface area contributed by atoms with Crippen molar-refractivity contribution in [1.29, 1.82) is 0 Å². The van der Waals surface area contributed by atoms with Crippen LogP contribution in [0.1, 0.15) is 36.6 Å². The fourth-order valence-electron chi connectivity index (χ4n) is 4.61. The molecule has 0 saturated carbocycles. The summed E-state index contributed by atoms with van der Waals surface area (Å²) in [6, 6.07) is 18.3. The van der Waals surface area contributed by atoms with Crippen LogP contribution in [0, 0.1) is 5.82 Å². The van der Waals surface area contributed by atoms with Crippen LogP contribution in [0.25, 0.3) is 6.08 Å². The highest BCUT2D eigenvalue weighted by molar-refractivity contribution is 7.07. The first kappa shape index (κ1) is 28.3. The number of nitrogens with zero attached hydrogens (tertiary/aromatic N) is 2. The molecule has 0 radical (unpaired) electrons. The summed E-state index contributed by atoms with van der Waals surface area (Å²) in [5.74, 6) is -0.168. The smallest absolute Gasteiger partial charge is 0.338 e. The monoisotopic (exact) mass is 592 g/mol. The van der Waals surface area contributed by atoms with Gasteiger partial charge in [0.15, 0.2) is 16.3 Å². The molecular weight excluding hydrogens is 567 g/mol. The number of fused-ring (bicyclic) bond motifs is 1. The van der Waals surface area contributed by atoms with Crippen molar-refractivity contribution in [3.63, 3.8) is 0 Å². The summed E-state index contributed by atoms with van der Waals surface area (Å²) >= 11 is 7.35. The van der Waals surface area contributed by atoms with E-state index < -0.39 is 17.8 Å². The summed E-state index contributed by atoms with van der Waals surface area (Å²) in [5.41, 5.74) is 2.24. The molecule has 1 aliphatic rings. The SMILES string of the molecule is CCOC(=O)C1=C(C)N=c2s/c(=C\c3ccc(OCc4c(F)cccc4Cl)c(OC)c3)c(=O)n2[C@H]1c1ccccc1. The molecule has 1 aliphatic heterocycles. The van der Waals surface area contributed by atoms with Crippen molar-refractivity contribution in [2.24, 2.45) is 4.99 Å². The first-order valence-corrected chi connectivity index (χ1v) is 14.0. The number of allylic oxidation sites excluding steroid dienone is 1. The molecule has 7 nitrogen and oxygen atoms in total. The number of hydrogen-bond acceptors (Lipinski definition) is 7. The Bertz CT molecular complexity index is 1810. The van der Waals surface area contributed by atoms with Gasteiger partial charge >= 0.3 is 5.97 Å². The number of aromatic nitrogens is 1. The second-order valence-corrected chi connectivity index (χ2v) is 10.5. The number of ether oxygens (including phenoxy) is 3. The van der Waals surface area contributed by atoms with E-state index in [9.17, 15) is 14.0 Å². The highest BCUT2D eigenvalue weighted by atomic mass is 35.5. The number of carbonyl (C=O) groups excluding carboxylic acids is 1. The van der Waals surface area contributed by atoms with Gasteiger partial charge < -0.3 is 14.2 Å². The molecule has 0 saturated heterocycles. The Morgan fingerprint density at radius 3 is 2.61 bits per heavy atom. The molecule has 0 amide bonds. The number of esters is 1. The fourth-order valence-corrected chi connectivity index (χ4v) is 5.87. The van der Waals surface area contributed by atoms with Crippen LogP contribution >= 0.6 is 22.9 Å². The predicted octanol–water partition coefficient (Wildman–Crippen LogP) is 5.18. The van der Waals surface area contributed by atoms with E-state index in [0.29, 0.717) is 37.7 Å². The Morgan fingerprint density at radius 2 is 1.90 bits per heavy atom. The zero-order valence-electron chi connectivity index (χ0n) is 22.5. The molecule has 4 aromatic rings. The van der Waals surface area contributed by atoms with Gasteiger partial charge in [0.1, 0.15) is 12.4 Å². The highest BCUT2D eigenvalue weighted by Gasteiger charge is 2.33. The largest absolute Gasteiger partial charge is 0.493 e. The highest BCUT2D eigenvalue weighted by Crippen LogP contribution is 2.32. The van der Waals surface area contributed by atoms with Crippen molar-refractivity contribution >= 4 is 35.0 Å². The Hall–Kier alpha value is -4.21. The van der Waals surface area contributed by atoms with Gasteiger partial charge in [0, 0.05) is 5.56 Å². The lowest BCUT2D eigenvalue weighted by Crippen LogP contribution is -2.39. The van der Waals surface area contributed by atoms with E-state index in [1.54, 1.807) is 44.2 Å². The second-order valence-electron chi connectivity index (χ2n) is 9.11. The average molecular weight is 593 g/mol. The van der Waals surface area contributed by atoms with E-state index in [2.05, 4.69) is 4.99 Å². The number of carbonyl (C=O) groups is 1. The maximum absolute atomic E-state index is 14.2. The number of thiazole rings is 1. The minimum absolute atomic E-state index is 0.0819. The lowest BCUT2D eigenvalue weighted by Gasteiger charge is -2.24. The van der Waals surface area contributed by atoms with Crippen molar-refractivity contribution in [2.75, 3.05) is 13.7 Å². The van der Waals surface area contributed by atoms with E-state index in [-0.39, 0.29) is 29.4 Å². The first-order valence-electron chi connectivity index (χ1n) is 12.8. The average Bonchev–Trinajstić information content (AvgIpc) is 3.26. The summed E-state index contributed by atoms with van der Waals surface area (Å²) in [6.45, 7) is 3.61. The molecular formula is C31H26ClFN2O5S. The predicted molar refractivity (Wildman–Crippen MR) is 156 cm³/mol. The Morgan fingerprint density at radius 1 is 1.12 bits per heavy atom. The molecule has 10 heteroatoms. The Labute approximate surface area is 244 Å². The molecule has 0 bridgehead atoms. The van der Waals surface area contributed by atoms with Crippen molar-refractivity contribution in [3.8, 4) is 11.5 Å². The van der Waals surface area contributed by atoms with Gasteiger partial charge in [0.05, 0.1) is 40.6 Å². The van der Waals surface area contributed by atoms with Crippen LogP contribution in [0.3, 0.4) is 0 Å². The number of rotatable bonds is 8. The van der Waals surface area contributed by atoms with Crippen molar-refractivity contribution in [2.45, 2.75) is 26.5 Å². The third-order valence-electron chi connectivity index (χ3n) is 6.55. The molecule has 1 atom stereocenters. The second kappa shape index (κ2) is 12.1. The van der Waals surface area contributed by atoms with Crippen molar-refractivity contribution in [1.82, 2.24) is 4.57 Å². The zero-order valence-corrected chi connectivity index (χ0v) is 24.1. The lowest BCUT2D eigenvalue weighted by molar-refractivity contribution is -0.139. The molecule has 1 aromatic heterocycles. The molecule has 0 fully saturated rings. The minimum atomic E-state index is -0.677. The summed E-state index contributed by atoms with van der Waals surface area (Å²) in [5, 5.41) is 0.270. The topological polar surface area (TPSA) is 79.1 Å². The van der Waals surface area contributed by atoms with Gasteiger partial charge in [-0.05, 0) is 55.3 Å². The van der Waals surface area contributed by atoms with Gasteiger partial charge in [-0.2, -0.15) is 0 Å². The number of halogens is 2. The molecule has 5 rings (SSSR count). The van der Waals surface area contributed by atoms with Crippen molar-refractivity contribution < 1.29 is 23.4 Å². The number of benzene rings is 3. The minimum Gasteiger partial charge on any atom is -0.493 e. The van der Waals surface area contributed by atoms with E-state index in [1.165, 1.54) is 35.1 Å². The third kappa shape index (κ3) is 5.68. The standard InChI is InChI=1S/C31H26ClFN2O5S/c1-4-39-30(37)27-18(2)34-31-35(28(27)20-9-6-5-7-10-20)29(36)26(41-31)16-19-13-14-24(25(15-19)38-3)40-17-21-22(32)11-8-12-23(21)33/h5-16,28H,4,17H2,1-3H3/b26-16-/t28-/m0/s1. The van der Waals surface area contributed by atoms with Gasteiger partial charge in [0.25, 0.3) is 5.56 Å². The number of methoxy groups -OCH3 is 1. The first-order chi connectivity index (χ1) is 19.8. The quantitative estimate of drug-likeness (QED) is 0.264. The molecule has 0 unspecified atom stereocenters. The van der Waals surface area contributed by atoms with E-state index in [4.69, 9.17) is 25.8 Å². The summed E-state index contributed by atoms with van der Waals surface area (Å²) in [4.78, 5) is 31.8. The Kier molecular flexibility index (Phi) is 8.37. The molecule has 0 spiro atoms. The molecule has 41 heavy (non-hydrogen) atoms. The molecule has 210 valence electrons. The molecule has 0 N–H and O–H groups in total. The third-order valence-corrected chi connectivity index (χ3v) is 7.89. The van der Waals surface area contributed by atoms with E-state index in [0.717, 1.165) is 5.56 Å². The van der Waals surface area contributed by atoms with E-state index in [1.807, 2.05) is 30.3 Å². The number of hydrogen-bond donors (Lipinski definition) is 0. The summed E-state index contributed by atoms with van der Waals surface area (Å²) in [7, 11) is 1.50. The van der Waals surface area contributed by atoms with Crippen LogP contribution in [0.2, 0.25) is 5.02 Å². The summed E-state index contributed by atoms with van der Waals surface area (Å²) < 4.78 is 32.8. The molecule has 0 aliphatic carbocycles. The lowest BCUT2D eigenvalue weighted by atomic mass is 9.96. The zero-order chi connectivity index (χ0) is 29.1. The maximum Gasteiger partial charge on any atom is 0.338 e. The molecule has 3 aromatic carbocycles. The van der Waals surface area contributed by atoms with Gasteiger partial charge in [-0.15, -0.1) is 0 Å². The van der Waals surface area contributed by atoms with Crippen LogP contribution in [0.5, 0.6) is 11.5 Å². The van der Waals surface area contributed by atoms with Crippen molar-refractivity contribution in [3.05, 3.63) is 125 Å². The van der Waals surface area contributed by atoms with E-state index >= 15 is 0 Å². The van der Waals surface area contributed by atoms with Gasteiger partial charge in [-0.25, -0.2) is 14.2 Å². The molecule has 2 heterocycles. The van der Waals surface area contributed by atoms with Gasteiger partial charge in [-0.1, -0.05) is 65.4 Å². The maximum atomic E-state index is 14.2. The fraction of sp³-hybridized carbons (Fsp3) is 0.194. The summed E-state index contributed by atoms with van der Waals surface area (Å²) in [6.07, 6.45) is 1.73. The van der Waals surface area contributed by atoms with Crippen LogP contribution < -0.4 is 24.4 Å². The van der Waals surface area contributed by atoms with Crippen LogP contribution in [-0.2, 0) is 16.1 Å². The van der Waals surface area contributed by atoms with Crippen LogP contribution in [0.15, 0.2) is 87.8 Å². The van der Waals surface area contributed by atoms with Crippen LogP contribution in [0.4, 0.5) is 4.39 Å².